The van der Waals surface area contributed by atoms with Gasteiger partial charge in [-0.15, -0.1) is 0 Å². The molecule has 1 aliphatic heterocycles. The Balaban J connectivity index is 1.51. The molecule has 2 aromatic heterocycles. The van der Waals surface area contributed by atoms with Crippen LogP contribution in [0.3, 0.4) is 0 Å². The van der Waals surface area contributed by atoms with E-state index >= 15 is 0 Å². The van der Waals surface area contributed by atoms with E-state index in [0.29, 0.717) is 18.9 Å². The van der Waals surface area contributed by atoms with Gasteiger partial charge in [0.25, 0.3) is 0 Å². The first-order valence-corrected chi connectivity index (χ1v) is 8.36. The van der Waals surface area contributed by atoms with E-state index < -0.39 is 0 Å². The first-order valence-electron chi connectivity index (χ1n) is 8.36. The van der Waals surface area contributed by atoms with Gasteiger partial charge in [-0.1, -0.05) is 6.07 Å². The van der Waals surface area contributed by atoms with Crippen molar-refractivity contribution in [2.24, 2.45) is 5.92 Å². The average Bonchev–Trinajstić information content (AvgIpc) is 3.08. The fourth-order valence-corrected chi connectivity index (χ4v) is 3.21. The fraction of sp³-hybridized carbons (Fsp3) is 0.500. The molecule has 1 saturated heterocycles. The standard InChI is InChI=1S/C18H24N4O/c1-15-4-5-16(12-20-15)11-17-3-2-8-22(13-17)18(23)6-9-21-10-7-19-14-21/h4-5,7,10,12,14,17H,2-3,6,8-9,11,13H2,1H3/t17-/m0/s1. The molecule has 2 aromatic rings. The molecule has 0 radical (unpaired) electrons. The van der Waals surface area contributed by atoms with Crippen LogP contribution in [-0.2, 0) is 17.8 Å². The van der Waals surface area contributed by atoms with Gasteiger partial charge in [0.05, 0.1) is 6.33 Å². The van der Waals surface area contributed by atoms with Gasteiger partial charge in [0.15, 0.2) is 0 Å². The zero-order chi connectivity index (χ0) is 16.1. The van der Waals surface area contributed by atoms with Gasteiger partial charge >= 0.3 is 0 Å². The van der Waals surface area contributed by atoms with Crippen LogP contribution in [0.1, 0.15) is 30.5 Å². The number of carbonyl (C=O) groups is 1. The molecule has 1 aliphatic rings. The highest BCUT2D eigenvalue weighted by Gasteiger charge is 2.23. The Bertz CT molecular complexity index is 621. The number of nitrogens with zero attached hydrogens (tertiary/aromatic N) is 4. The van der Waals surface area contributed by atoms with E-state index in [2.05, 4.69) is 22.1 Å². The van der Waals surface area contributed by atoms with E-state index in [1.54, 1.807) is 12.5 Å². The first-order chi connectivity index (χ1) is 11.2. The molecule has 1 atom stereocenters. The topological polar surface area (TPSA) is 51.0 Å². The molecule has 1 amide bonds. The summed E-state index contributed by atoms with van der Waals surface area (Å²) in [6.45, 7) is 4.48. The smallest absolute Gasteiger partial charge is 0.224 e. The van der Waals surface area contributed by atoms with Crippen LogP contribution < -0.4 is 0 Å². The second-order valence-corrected chi connectivity index (χ2v) is 6.41. The van der Waals surface area contributed by atoms with Crippen molar-refractivity contribution in [1.82, 2.24) is 19.4 Å². The molecule has 3 heterocycles. The lowest BCUT2D eigenvalue weighted by atomic mass is 9.91. The number of hydrogen-bond acceptors (Lipinski definition) is 3. The minimum absolute atomic E-state index is 0.255. The number of likely N-dealkylation sites (tertiary alicyclic amines) is 1. The SMILES string of the molecule is Cc1ccc(C[C@@H]2CCCN(C(=O)CCn3ccnc3)C2)cn1. The normalized spacial score (nSPS) is 18.1. The van der Waals surface area contributed by atoms with Crippen molar-refractivity contribution in [2.45, 2.75) is 39.2 Å². The number of amides is 1. The van der Waals surface area contributed by atoms with Crippen LogP contribution in [0, 0.1) is 12.8 Å². The van der Waals surface area contributed by atoms with Crippen molar-refractivity contribution in [3.63, 3.8) is 0 Å². The zero-order valence-corrected chi connectivity index (χ0v) is 13.7. The van der Waals surface area contributed by atoms with Gasteiger partial charge < -0.3 is 9.47 Å². The van der Waals surface area contributed by atoms with Gasteiger partial charge in [-0.25, -0.2) is 4.98 Å². The van der Waals surface area contributed by atoms with Gasteiger partial charge in [0.1, 0.15) is 0 Å². The first kappa shape index (κ1) is 15.7. The fourth-order valence-electron chi connectivity index (χ4n) is 3.21. The number of piperidine rings is 1. The third kappa shape index (κ3) is 4.41. The largest absolute Gasteiger partial charge is 0.342 e. The van der Waals surface area contributed by atoms with Crippen molar-refractivity contribution in [1.29, 1.82) is 0 Å². The monoisotopic (exact) mass is 312 g/mol. The van der Waals surface area contributed by atoms with Crippen LogP contribution in [0.5, 0.6) is 0 Å². The highest BCUT2D eigenvalue weighted by atomic mass is 16.2. The van der Waals surface area contributed by atoms with Crippen molar-refractivity contribution in [2.75, 3.05) is 13.1 Å². The van der Waals surface area contributed by atoms with Crippen LogP contribution in [-0.4, -0.2) is 38.4 Å². The van der Waals surface area contributed by atoms with Crippen LogP contribution in [0.15, 0.2) is 37.1 Å². The summed E-state index contributed by atoms with van der Waals surface area (Å²) in [6, 6.07) is 4.22. The molecular formula is C18H24N4O. The second kappa shape index (κ2) is 7.40. The quantitative estimate of drug-likeness (QED) is 0.852. The van der Waals surface area contributed by atoms with Crippen LogP contribution in [0.25, 0.3) is 0 Å². The molecule has 0 aliphatic carbocycles. The van der Waals surface area contributed by atoms with Gasteiger partial charge in [0.2, 0.25) is 5.91 Å². The Morgan fingerprint density at radius 2 is 2.30 bits per heavy atom. The number of carbonyl (C=O) groups excluding carboxylic acids is 1. The molecule has 0 bridgehead atoms. The molecule has 0 N–H and O–H groups in total. The molecule has 5 heteroatoms. The van der Waals surface area contributed by atoms with E-state index in [-0.39, 0.29) is 5.91 Å². The van der Waals surface area contributed by atoms with E-state index in [0.717, 1.165) is 31.6 Å². The third-order valence-corrected chi connectivity index (χ3v) is 4.51. The van der Waals surface area contributed by atoms with Crippen molar-refractivity contribution >= 4 is 5.91 Å². The summed E-state index contributed by atoms with van der Waals surface area (Å²) in [4.78, 5) is 22.8. The molecular weight excluding hydrogens is 288 g/mol. The van der Waals surface area contributed by atoms with Crippen LogP contribution >= 0.6 is 0 Å². The number of aromatic nitrogens is 3. The van der Waals surface area contributed by atoms with Crippen LogP contribution in [0.4, 0.5) is 0 Å². The predicted octanol–water partition coefficient (Wildman–Crippen LogP) is 2.46. The minimum atomic E-state index is 0.255. The number of pyridine rings is 1. The molecule has 0 unspecified atom stereocenters. The Hall–Kier alpha value is -2.17. The third-order valence-electron chi connectivity index (χ3n) is 4.51. The summed E-state index contributed by atoms with van der Waals surface area (Å²) in [5.41, 5.74) is 2.32. The average molecular weight is 312 g/mol. The lowest BCUT2D eigenvalue weighted by molar-refractivity contribution is -0.133. The molecule has 122 valence electrons. The molecule has 0 spiro atoms. The Morgan fingerprint density at radius 3 is 3.04 bits per heavy atom. The molecule has 5 nitrogen and oxygen atoms in total. The van der Waals surface area contributed by atoms with E-state index in [4.69, 9.17) is 0 Å². The number of hydrogen-bond donors (Lipinski definition) is 0. The Labute approximate surface area is 137 Å². The Kier molecular flexibility index (Phi) is 5.05. The maximum Gasteiger partial charge on any atom is 0.224 e. The summed E-state index contributed by atoms with van der Waals surface area (Å²) in [5.74, 6) is 0.802. The van der Waals surface area contributed by atoms with Crippen molar-refractivity contribution in [3.05, 3.63) is 48.3 Å². The lowest BCUT2D eigenvalue weighted by Crippen LogP contribution is -2.40. The highest BCUT2D eigenvalue weighted by molar-refractivity contribution is 5.76. The van der Waals surface area contributed by atoms with Crippen LogP contribution in [0.2, 0.25) is 0 Å². The maximum absolute atomic E-state index is 12.4. The second-order valence-electron chi connectivity index (χ2n) is 6.41. The summed E-state index contributed by atoms with van der Waals surface area (Å²) < 4.78 is 1.96. The zero-order valence-electron chi connectivity index (χ0n) is 13.7. The molecule has 23 heavy (non-hydrogen) atoms. The van der Waals surface area contributed by atoms with Gasteiger partial charge in [-0.3, -0.25) is 9.78 Å². The number of imidazole rings is 1. The molecule has 3 rings (SSSR count). The molecule has 1 fully saturated rings. The summed E-state index contributed by atoms with van der Waals surface area (Å²) >= 11 is 0. The lowest BCUT2D eigenvalue weighted by Gasteiger charge is -2.33. The number of aryl methyl sites for hydroxylation is 2. The summed E-state index contributed by atoms with van der Waals surface area (Å²) in [5, 5.41) is 0. The van der Waals surface area contributed by atoms with E-state index in [1.165, 1.54) is 12.0 Å². The Morgan fingerprint density at radius 1 is 1.39 bits per heavy atom. The van der Waals surface area contributed by atoms with Gasteiger partial charge in [-0.05, 0) is 43.7 Å². The van der Waals surface area contributed by atoms with Crippen molar-refractivity contribution in [3.8, 4) is 0 Å². The van der Waals surface area contributed by atoms with Gasteiger partial charge in [0, 0.05) is 50.3 Å². The molecule has 0 saturated carbocycles. The predicted molar refractivity (Wildman–Crippen MR) is 88.8 cm³/mol. The van der Waals surface area contributed by atoms with Gasteiger partial charge in [-0.2, -0.15) is 0 Å². The van der Waals surface area contributed by atoms with E-state index in [1.807, 2.05) is 28.8 Å². The molecule has 0 aromatic carbocycles. The highest BCUT2D eigenvalue weighted by Crippen LogP contribution is 2.21. The summed E-state index contributed by atoms with van der Waals surface area (Å²) in [6.07, 6.45) is 11.2. The minimum Gasteiger partial charge on any atom is -0.342 e. The van der Waals surface area contributed by atoms with Crippen molar-refractivity contribution < 1.29 is 4.79 Å². The summed E-state index contributed by atoms with van der Waals surface area (Å²) in [7, 11) is 0. The van der Waals surface area contributed by atoms with E-state index in [9.17, 15) is 4.79 Å². The number of rotatable bonds is 5. The maximum atomic E-state index is 12.4.